The molecule has 132 valence electrons. The summed E-state index contributed by atoms with van der Waals surface area (Å²) in [6, 6.07) is 14.6. The predicted molar refractivity (Wildman–Crippen MR) is 105 cm³/mol. The van der Waals surface area contributed by atoms with Crippen LogP contribution in [0.5, 0.6) is 0 Å². The summed E-state index contributed by atoms with van der Waals surface area (Å²) >= 11 is 1.61. The van der Waals surface area contributed by atoms with E-state index in [2.05, 4.69) is 45.2 Å². The smallest absolute Gasteiger partial charge is 0.233 e. The van der Waals surface area contributed by atoms with Crippen molar-refractivity contribution in [3.05, 3.63) is 61.1 Å². The number of hydrogen-bond donors (Lipinski definition) is 0. The summed E-state index contributed by atoms with van der Waals surface area (Å²) in [7, 11) is 0. The normalized spacial score (nSPS) is 14.6. The zero-order valence-electron chi connectivity index (χ0n) is 14.4. The maximum absolute atomic E-state index is 12.5. The van der Waals surface area contributed by atoms with Gasteiger partial charge in [-0.15, -0.1) is 11.8 Å². The molecule has 1 fully saturated rings. The summed E-state index contributed by atoms with van der Waals surface area (Å²) in [6.45, 7) is 3.05. The topological polar surface area (TPSA) is 49.3 Å². The Morgan fingerprint density at radius 2 is 1.81 bits per heavy atom. The van der Waals surface area contributed by atoms with Crippen molar-refractivity contribution in [1.29, 1.82) is 0 Å². The van der Waals surface area contributed by atoms with Gasteiger partial charge in [-0.3, -0.25) is 9.78 Å². The lowest BCUT2D eigenvalue weighted by Crippen LogP contribution is -2.49. The molecule has 0 N–H and O–H groups in total. The minimum absolute atomic E-state index is 0.196. The Morgan fingerprint density at radius 3 is 2.58 bits per heavy atom. The van der Waals surface area contributed by atoms with Gasteiger partial charge in [0.25, 0.3) is 0 Å². The summed E-state index contributed by atoms with van der Waals surface area (Å²) in [5.41, 5.74) is 0. The second-order valence-electron chi connectivity index (χ2n) is 6.23. The molecule has 3 aromatic rings. The lowest BCUT2D eigenvalue weighted by Gasteiger charge is -2.35. The molecule has 1 aromatic heterocycles. The molecule has 0 saturated carbocycles. The highest BCUT2D eigenvalue weighted by atomic mass is 32.2. The van der Waals surface area contributed by atoms with Crippen molar-refractivity contribution in [2.45, 2.75) is 4.90 Å². The minimum Gasteiger partial charge on any atom is -0.352 e. The highest BCUT2D eigenvalue weighted by molar-refractivity contribution is 8.00. The van der Waals surface area contributed by atoms with E-state index in [-0.39, 0.29) is 5.91 Å². The van der Waals surface area contributed by atoms with Crippen molar-refractivity contribution >= 4 is 34.3 Å². The molecule has 1 aliphatic heterocycles. The Balaban J connectivity index is 1.31. The van der Waals surface area contributed by atoms with Crippen LogP contribution >= 0.6 is 11.8 Å². The second-order valence-corrected chi connectivity index (χ2v) is 7.28. The third-order valence-electron chi connectivity index (χ3n) is 4.59. The first-order valence-electron chi connectivity index (χ1n) is 8.70. The van der Waals surface area contributed by atoms with Gasteiger partial charge in [0.1, 0.15) is 5.82 Å². The Hall–Kier alpha value is -2.60. The first-order valence-corrected chi connectivity index (χ1v) is 9.68. The molecule has 2 aromatic carbocycles. The fourth-order valence-corrected chi connectivity index (χ4v) is 3.98. The quantitative estimate of drug-likeness (QED) is 0.666. The average molecular weight is 364 g/mol. The van der Waals surface area contributed by atoms with Crippen molar-refractivity contribution in [3.8, 4) is 0 Å². The van der Waals surface area contributed by atoms with Crippen LogP contribution in [0.4, 0.5) is 5.82 Å². The lowest BCUT2D eigenvalue weighted by molar-refractivity contribution is -0.128. The zero-order valence-corrected chi connectivity index (χ0v) is 15.2. The van der Waals surface area contributed by atoms with Crippen LogP contribution in [0.1, 0.15) is 0 Å². The van der Waals surface area contributed by atoms with Crippen molar-refractivity contribution in [2.75, 3.05) is 36.8 Å². The number of aromatic nitrogens is 2. The van der Waals surface area contributed by atoms with Crippen LogP contribution in [0.3, 0.4) is 0 Å². The van der Waals surface area contributed by atoms with Crippen LogP contribution in [0.2, 0.25) is 0 Å². The number of thioether (sulfide) groups is 1. The molecule has 1 saturated heterocycles. The second kappa shape index (κ2) is 7.74. The summed E-state index contributed by atoms with van der Waals surface area (Å²) in [5.74, 6) is 1.55. The fourth-order valence-electron chi connectivity index (χ4n) is 3.13. The van der Waals surface area contributed by atoms with Gasteiger partial charge < -0.3 is 9.80 Å². The van der Waals surface area contributed by atoms with Crippen LogP contribution in [0, 0.1) is 0 Å². The Labute approximate surface area is 157 Å². The van der Waals surface area contributed by atoms with Gasteiger partial charge in [0.2, 0.25) is 5.91 Å². The van der Waals surface area contributed by atoms with Crippen molar-refractivity contribution in [1.82, 2.24) is 14.9 Å². The molecule has 2 heterocycles. The Bertz CT molecular complexity index is 894. The molecule has 1 amide bonds. The van der Waals surface area contributed by atoms with E-state index in [1.807, 2.05) is 17.0 Å². The maximum Gasteiger partial charge on any atom is 0.233 e. The Kier molecular flexibility index (Phi) is 5.02. The standard InChI is InChI=1S/C20H20N4OS/c25-20(15-26-18-6-5-16-3-1-2-4-17(16)13-18)24-11-9-23(10-12-24)19-14-21-7-8-22-19/h1-8,13-14H,9-12,15H2. The van der Waals surface area contributed by atoms with E-state index in [0.29, 0.717) is 5.75 Å². The molecule has 1 aliphatic rings. The van der Waals surface area contributed by atoms with Crippen molar-refractivity contribution in [3.63, 3.8) is 0 Å². The van der Waals surface area contributed by atoms with Gasteiger partial charge in [-0.25, -0.2) is 4.98 Å². The highest BCUT2D eigenvalue weighted by Gasteiger charge is 2.21. The predicted octanol–water partition coefficient (Wildman–Crippen LogP) is 3.07. The van der Waals surface area contributed by atoms with E-state index in [0.717, 1.165) is 36.9 Å². The van der Waals surface area contributed by atoms with Crippen molar-refractivity contribution < 1.29 is 4.79 Å². The molecule has 6 heteroatoms. The lowest BCUT2D eigenvalue weighted by atomic mass is 10.1. The molecule has 0 bridgehead atoms. The van der Waals surface area contributed by atoms with E-state index in [1.54, 1.807) is 30.4 Å². The summed E-state index contributed by atoms with van der Waals surface area (Å²) in [4.78, 5) is 26.2. The third-order valence-corrected chi connectivity index (χ3v) is 5.57. The first kappa shape index (κ1) is 16.8. The van der Waals surface area contributed by atoms with E-state index in [4.69, 9.17) is 0 Å². The third kappa shape index (κ3) is 3.80. The van der Waals surface area contributed by atoms with Crippen LogP contribution < -0.4 is 4.90 Å². The van der Waals surface area contributed by atoms with E-state index < -0.39 is 0 Å². The van der Waals surface area contributed by atoms with Gasteiger partial charge in [0.15, 0.2) is 0 Å². The molecule has 5 nitrogen and oxygen atoms in total. The van der Waals surface area contributed by atoms with Crippen LogP contribution in [0.25, 0.3) is 10.8 Å². The van der Waals surface area contributed by atoms with Gasteiger partial charge in [-0.2, -0.15) is 0 Å². The number of carbonyl (C=O) groups is 1. The number of hydrogen-bond acceptors (Lipinski definition) is 5. The summed E-state index contributed by atoms with van der Waals surface area (Å²) in [5, 5.41) is 2.44. The number of carbonyl (C=O) groups excluding carboxylic acids is 1. The Morgan fingerprint density at radius 1 is 1.00 bits per heavy atom. The van der Waals surface area contributed by atoms with Gasteiger partial charge in [-0.1, -0.05) is 30.3 Å². The molecule has 0 atom stereocenters. The van der Waals surface area contributed by atoms with Crippen molar-refractivity contribution in [2.24, 2.45) is 0 Å². The van der Waals surface area contributed by atoms with E-state index in [1.165, 1.54) is 10.8 Å². The average Bonchev–Trinajstić information content (AvgIpc) is 2.72. The summed E-state index contributed by atoms with van der Waals surface area (Å²) < 4.78 is 0. The van der Waals surface area contributed by atoms with Gasteiger partial charge in [0, 0.05) is 43.5 Å². The zero-order chi connectivity index (χ0) is 17.8. The number of amides is 1. The largest absolute Gasteiger partial charge is 0.352 e. The molecule has 0 radical (unpaired) electrons. The number of benzene rings is 2. The van der Waals surface area contributed by atoms with Crippen LogP contribution in [-0.4, -0.2) is 52.7 Å². The number of nitrogens with zero attached hydrogens (tertiary/aromatic N) is 4. The summed E-state index contributed by atoms with van der Waals surface area (Å²) in [6.07, 6.45) is 5.15. The maximum atomic E-state index is 12.5. The molecule has 0 aliphatic carbocycles. The number of anilines is 1. The molecule has 0 spiro atoms. The number of piperazine rings is 1. The van der Waals surface area contributed by atoms with E-state index >= 15 is 0 Å². The first-order chi connectivity index (χ1) is 12.8. The van der Waals surface area contributed by atoms with Gasteiger partial charge in [0.05, 0.1) is 11.9 Å². The molecular weight excluding hydrogens is 344 g/mol. The van der Waals surface area contributed by atoms with Gasteiger partial charge >= 0.3 is 0 Å². The SMILES string of the molecule is O=C(CSc1ccc2ccccc2c1)N1CCN(c2cnccn2)CC1. The monoisotopic (exact) mass is 364 g/mol. The molecular formula is C20H20N4OS. The molecule has 4 rings (SSSR count). The fraction of sp³-hybridized carbons (Fsp3) is 0.250. The molecule has 26 heavy (non-hydrogen) atoms. The molecule has 0 unspecified atom stereocenters. The minimum atomic E-state index is 0.196. The number of rotatable bonds is 4. The van der Waals surface area contributed by atoms with E-state index in [9.17, 15) is 4.79 Å². The highest BCUT2D eigenvalue weighted by Crippen LogP contribution is 2.24. The van der Waals surface area contributed by atoms with Crippen LogP contribution in [0.15, 0.2) is 66.0 Å². The van der Waals surface area contributed by atoms with Crippen LogP contribution in [-0.2, 0) is 4.79 Å². The van der Waals surface area contributed by atoms with Gasteiger partial charge in [-0.05, 0) is 22.9 Å². The number of fused-ring (bicyclic) bond motifs is 1.